The van der Waals surface area contributed by atoms with Crippen molar-refractivity contribution in [2.75, 3.05) is 44.3 Å². The fourth-order valence-electron chi connectivity index (χ4n) is 5.15. The number of anilines is 1. The number of aliphatic hydroxyl groups excluding tert-OH is 1. The largest absolute Gasteiger partial charge is 0.490 e. The lowest BCUT2D eigenvalue weighted by molar-refractivity contribution is -0.137. The van der Waals surface area contributed by atoms with Gasteiger partial charge in [-0.25, -0.2) is 8.42 Å². The fraction of sp³-hybridized carbons (Fsp3) is 0.581. The maximum Gasteiger partial charge on any atom is 0.416 e. The molecule has 0 aromatic heterocycles. The first-order chi connectivity index (χ1) is 20.6. The highest BCUT2D eigenvalue weighted by Gasteiger charge is 2.31. The van der Waals surface area contributed by atoms with Gasteiger partial charge in [-0.1, -0.05) is 19.1 Å². The van der Waals surface area contributed by atoms with Gasteiger partial charge < -0.3 is 19.5 Å². The van der Waals surface area contributed by atoms with Crippen LogP contribution in [0, 0.1) is 5.92 Å². The predicted octanol–water partition coefficient (Wildman–Crippen LogP) is 5.00. The van der Waals surface area contributed by atoms with Crippen LogP contribution in [-0.4, -0.2) is 87.1 Å². The second-order valence-electron chi connectivity index (χ2n) is 11.8. The molecule has 2 N–H and O–H groups in total. The van der Waals surface area contributed by atoms with Crippen molar-refractivity contribution in [2.45, 2.75) is 71.0 Å². The molecule has 44 heavy (non-hydrogen) atoms. The van der Waals surface area contributed by atoms with Crippen molar-refractivity contribution >= 4 is 21.6 Å². The highest BCUT2D eigenvalue weighted by atomic mass is 32.2. The van der Waals surface area contributed by atoms with Crippen LogP contribution in [0.4, 0.5) is 18.9 Å². The zero-order valence-electron chi connectivity index (χ0n) is 25.9. The molecular formula is C31H44F3N3O6S. The number of amides is 1. The molecule has 0 spiro atoms. The number of ether oxygens (including phenoxy) is 2. The van der Waals surface area contributed by atoms with Gasteiger partial charge in [-0.15, -0.1) is 0 Å². The van der Waals surface area contributed by atoms with Gasteiger partial charge in [0.2, 0.25) is 10.0 Å². The monoisotopic (exact) mass is 643 g/mol. The maximum absolute atomic E-state index is 14.1. The van der Waals surface area contributed by atoms with E-state index < -0.39 is 33.7 Å². The SMILES string of the molecule is C[C@@H]1CCCCO[C@@H](CN(C)Cc2ccc(C(F)(F)F)cc2)[C@H](C)CN([C@@H](C)CO)C(=O)c2cc(NS(C)(=O)=O)ccc2O1. The van der Waals surface area contributed by atoms with E-state index in [1.165, 1.54) is 18.2 Å². The molecule has 0 radical (unpaired) electrons. The van der Waals surface area contributed by atoms with E-state index in [9.17, 15) is 31.5 Å². The summed E-state index contributed by atoms with van der Waals surface area (Å²) in [5, 5.41) is 10.1. The molecule has 0 saturated carbocycles. The van der Waals surface area contributed by atoms with Gasteiger partial charge in [0.05, 0.1) is 42.2 Å². The topological polar surface area (TPSA) is 108 Å². The van der Waals surface area contributed by atoms with E-state index in [1.54, 1.807) is 24.0 Å². The van der Waals surface area contributed by atoms with E-state index in [2.05, 4.69) is 4.72 Å². The molecular weight excluding hydrogens is 599 g/mol. The number of nitrogens with one attached hydrogen (secondary N) is 1. The Morgan fingerprint density at radius 3 is 2.43 bits per heavy atom. The molecule has 0 aliphatic carbocycles. The minimum Gasteiger partial charge on any atom is -0.490 e. The normalized spacial score (nSPS) is 21.7. The Hall–Kier alpha value is -2.87. The minimum atomic E-state index is -4.40. The number of halogens is 3. The van der Waals surface area contributed by atoms with E-state index in [4.69, 9.17) is 9.47 Å². The van der Waals surface area contributed by atoms with Crippen molar-refractivity contribution in [3.63, 3.8) is 0 Å². The molecule has 4 atom stereocenters. The zero-order valence-corrected chi connectivity index (χ0v) is 26.7. The van der Waals surface area contributed by atoms with Crippen molar-refractivity contribution in [3.05, 3.63) is 59.2 Å². The minimum absolute atomic E-state index is 0.173. The number of benzene rings is 2. The molecule has 2 aromatic rings. The molecule has 13 heteroatoms. The summed E-state index contributed by atoms with van der Waals surface area (Å²) in [7, 11) is -1.74. The van der Waals surface area contributed by atoms with Gasteiger partial charge >= 0.3 is 6.18 Å². The Morgan fingerprint density at radius 2 is 1.82 bits per heavy atom. The summed E-state index contributed by atoms with van der Waals surface area (Å²) in [5.41, 5.74) is 0.415. The predicted molar refractivity (Wildman–Crippen MR) is 163 cm³/mol. The van der Waals surface area contributed by atoms with Crippen molar-refractivity contribution in [1.29, 1.82) is 0 Å². The zero-order chi connectivity index (χ0) is 32.7. The lowest BCUT2D eigenvalue weighted by atomic mass is 10.0. The molecule has 0 saturated heterocycles. The average molecular weight is 644 g/mol. The Morgan fingerprint density at radius 1 is 1.14 bits per heavy atom. The first-order valence-corrected chi connectivity index (χ1v) is 16.6. The molecule has 3 rings (SSSR count). The van der Waals surface area contributed by atoms with E-state index in [0.717, 1.165) is 36.8 Å². The van der Waals surface area contributed by atoms with Gasteiger partial charge in [-0.05, 0) is 76.1 Å². The van der Waals surface area contributed by atoms with Crippen molar-refractivity contribution < 1.29 is 41.0 Å². The van der Waals surface area contributed by atoms with E-state index >= 15 is 0 Å². The quantitative estimate of drug-likeness (QED) is 0.417. The fourth-order valence-corrected chi connectivity index (χ4v) is 5.70. The van der Waals surface area contributed by atoms with Crippen LogP contribution >= 0.6 is 0 Å². The summed E-state index contributed by atoms with van der Waals surface area (Å²) >= 11 is 0. The Bertz CT molecular complexity index is 1340. The molecule has 2 aromatic carbocycles. The average Bonchev–Trinajstić information content (AvgIpc) is 2.93. The molecule has 1 heterocycles. The highest BCUT2D eigenvalue weighted by molar-refractivity contribution is 7.92. The number of carbonyl (C=O) groups excluding carboxylic acids is 1. The number of sulfonamides is 1. The number of nitrogens with zero attached hydrogens (tertiary/aromatic N) is 2. The standard InChI is InChI=1S/C31H44F3N3O6S/c1-21-17-37(22(2)20-38)30(39)27-16-26(35-44(5,40)41)13-14-28(27)43-23(3)8-6-7-15-42-29(21)19-36(4)18-24-9-11-25(12-10-24)31(32,33)34/h9-14,16,21-23,29,35,38H,6-8,15,17-20H2,1-5H3/t21-,22+,23-,29+/m1/s1. The maximum atomic E-state index is 14.1. The molecule has 9 nitrogen and oxygen atoms in total. The second-order valence-corrected chi connectivity index (χ2v) is 13.5. The summed E-state index contributed by atoms with van der Waals surface area (Å²) in [6, 6.07) is 9.08. The number of carbonyl (C=O) groups is 1. The van der Waals surface area contributed by atoms with Crippen molar-refractivity contribution in [3.8, 4) is 5.75 Å². The molecule has 0 bridgehead atoms. The smallest absolute Gasteiger partial charge is 0.416 e. The van der Waals surface area contributed by atoms with Crippen molar-refractivity contribution in [1.82, 2.24) is 9.80 Å². The van der Waals surface area contributed by atoms with E-state index in [1.807, 2.05) is 25.8 Å². The highest BCUT2D eigenvalue weighted by Crippen LogP contribution is 2.30. The lowest BCUT2D eigenvalue weighted by Crippen LogP contribution is -2.47. The van der Waals surface area contributed by atoms with Gasteiger partial charge in [0, 0.05) is 37.8 Å². The summed E-state index contributed by atoms with van der Waals surface area (Å²) in [6.07, 6.45) is -1.64. The number of fused-ring (bicyclic) bond motifs is 1. The van der Waals surface area contributed by atoms with Crippen LogP contribution in [0.25, 0.3) is 0 Å². The molecule has 1 aliphatic heterocycles. The summed E-state index contributed by atoms with van der Waals surface area (Å²) in [4.78, 5) is 17.6. The van der Waals surface area contributed by atoms with Crippen molar-refractivity contribution in [2.24, 2.45) is 5.92 Å². The number of aliphatic hydroxyl groups is 1. The van der Waals surface area contributed by atoms with E-state index in [-0.39, 0.29) is 42.5 Å². The second kappa shape index (κ2) is 15.4. The summed E-state index contributed by atoms with van der Waals surface area (Å²) < 4.78 is 77.7. The van der Waals surface area contributed by atoms with Crippen LogP contribution < -0.4 is 9.46 Å². The Balaban J connectivity index is 1.88. The number of likely N-dealkylation sites (N-methyl/N-ethyl adjacent to an activating group) is 1. The van der Waals surface area contributed by atoms with Gasteiger partial charge in [-0.3, -0.25) is 14.4 Å². The van der Waals surface area contributed by atoms with Crippen LogP contribution in [0.2, 0.25) is 0 Å². The third-order valence-electron chi connectivity index (χ3n) is 7.58. The summed E-state index contributed by atoms with van der Waals surface area (Å²) in [6.45, 7) is 6.84. The van der Waals surface area contributed by atoms with Crippen LogP contribution in [0.3, 0.4) is 0 Å². The van der Waals surface area contributed by atoms with Crippen LogP contribution in [0.5, 0.6) is 5.75 Å². The lowest BCUT2D eigenvalue weighted by Gasteiger charge is -2.36. The summed E-state index contributed by atoms with van der Waals surface area (Å²) in [5.74, 6) is -0.302. The first kappa shape index (κ1) is 35.6. The van der Waals surface area contributed by atoms with E-state index in [0.29, 0.717) is 31.9 Å². The van der Waals surface area contributed by atoms with Gasteiger partial charge in [0.25, 0.3) is 5.91 Å². The third-order valence-corrected chi connectivity index (χ3v) is 8.19. The molecule has 0 unspecified atom stereocenters. The first-order valence-electron chi connectivity index (χ1n) is 14.7. The molecule has 1 amide bonds. The van der Waals surface area contributed by atoms with Crippen LogP contribution in [0.1, 0.15) is 61.5 Å². The number of hydrogen-bond acceptors (Lipinski definition) is 7. The van der Waals surface area contributed by atoms with Crippen LogP contribution in [-0.2, 0) is 27.5 Å². The molecule has 1 aliphatic rings. The number of hydrogen-bond donors (Lipinski definition) is 2. The van der Waals surface area contributed by atoms with Gasteiger partial charge in [0.15, 0.2) is 0 Å². The Kier molecular flexibility index (Phi) is 12.5. The Labute approximate surface area is 258 Å². The molecule has 246 valence electrons. The van der Waals surface area contributed by atoms with Crippen LogP contribution in [0.15, 0.2) is 42.5 Å². The van der Waals surface area contributed by atoms with Gasteiger partial charge in [0.1, 0.15) is 5.75 Å². The third kappa shape index (κ3) is 10.6. The number of rotatable bonds is 8. The molecule has 0 fully saturated rings. The number of alkyl halides is 3. The van der Waals surface area contributed by atoms with Gasteiger partial charge in [-0.2, -0.15) is 13.2 Å².